The molecule has 0 amide bonds. The third-order valence-corrected chi connectivity index (χ3v) is 3.76. The fraction of sp³-hybridized carbons (Fsp3) is 0.188. The van der Waals surface area contributed by atoms with E-state index in [1.54, 1.807) is 0 Å². The van der Waals surface area contributed by atoms with Crippen LogP contribution >= 0.6 is 12.6 Å². The van der Waals surface area contributed by atoms with E-state index < -0.39 is 0 Å². The Labute approximate surface area is 117 Å². The van der Waals surface area contributed by atoms with Gasteiger partial charge in [0.1, 0.15) is 6.61 Å². The molecule has 2 aromatic rings. The highest BCUT2D eigenvalue weighted by atomic mass is 32.1. The minimum atomic E-state index is -0.273. The summed E-state index contributed by atoms with van der Waals surface area (Å²) in [5.74, 6) is -0.0165. The molecule has 3 rings (SSSR count). The molecule has 0 aromatic heterocycles. The van der Waals surface area contributed by atoms with Crippen molar-refractivity contribution in [3.05, 3.63) is 59.7 Å². The Bertz CT molecular complexity index is 576. The lowest BCUT2D eigenvalue weighted by atomic mass is 9.98. The molecule has 19 heavy (non-hydrogen) atoms. The van der Waals surface area contributed by atoms with Crippen molar-refractivity contribution in [3.63, 3.8) is 0 Å². The van der Waals surface area contributed by atoms with Crippen LogP contribution in [-0.4, -0.2) is 18.3 Å². The van der Waals surface area contributed by atoms with Crippen molar-refractivity contribution in [1.82, 2.24) is 0 Å². The van der Waals surface area contributed by atoms with E-state index in [1.165, 1.54) is 22.3 Å². The van der Waals surface area contributed by atoms with Gasteiger partial charge in [0.2, 0.25) is 0 Å². The summed E-state index contributed by atoms with van der Waals surface area (Å²) in [6, 6.07) is 16.6. The molecule has 0 heterocycles. The molecular formula is C16H14O2S. The van der Waals surface area contributed by atoms with Crippen molar-refractivity contribution in [2.45, 2.75) is 5.92 Å². The van der Waals surface area contributed by atoms with Crippen molar-refractivity contribution in [2.75, 3.05) is 12.4 Å². The Morgan fingerprint density at radius 2 is 1.53 bits per heavy atom. The lowest BCUT2D eigenvalue weighted by Gasteiger charge is -2.13. The van der Waals surface area contributed by atoms with Gasteiger partial charge in [-0.3, -0.25) is 4.79 Å². The molecule has 2 nitrogen and oxygen atoms in total. The number of carbonyl (C=O) groups is 1. The fourth-order valence-electron chi connectivity index (χ4n) is 2.66. The summed E-state index contributed by atoms with van der Waals surface area (Å²) in [6.45, 7) is 0.382. The maximum atomic E-state index is 11.3. The number of benzene rings is 2. The molecule has 0 radical (unpaired) electrons. The molecule has 0 fully saturated rings. The quantitative estimate of drug-likeness (QED) is 0.684. The lowest BCUT2D eigenvalue weighted by Crippen LogP contribution is -2.13. The average Bonchev–Trinajstić information content (AvgIpc) is 2.79. The topological polar surface area (TPSA) is 26.3 Å². The summed E-state index contributed by atoms with van der Waals surface area (Å²) >= 11 is 3.93. The second-order valence-corrected chi connectivity index (χ2v) is 4.88. The number of thiol groups is 1. The number of hydrogen-bond donors (Lipinski definition) is 1. The molecule has 96 valence electrons. The Balaban J connectivity index is 1.98. The number of hydrogen-bond acceptors (Lipinski definition) is 3. The largest absolute Gasteiger partial charge is 0.464 e. The SMILES string of the molecule is O=C(CS)OCC1c2ccccc2-c2ccccc21. The molecule has 0 unspecified atom stereocenters. The van der Waals surface area contributed by atoms with E-state index in [1.807, 2.05) is 24.3 Å². The molecular weight excluding hydrogens is 256 g/mol. The first-order valence-electron chi connectivity index (χ1n) is 6.26. The van der Waals surface area contributed by atoms with Gasteiger partial charge in [-0.05, 0) is 22.3 Å². The summed E-state index contributed by atoms with van der Waals surface area (Å²) in [4.78, 5) is 11.3. The van der Waals surface area contributed by atoms with Crippen LogP contribution in [-0.2, 0) is 9.53 Å². The van der Waals surface area contributed by atoms with E-state index >= 15 is 0 Å². The van der Waals surface area contributed by atoms with Gasteiger partial charge < -0.3 is 4.74 Å². The first-order valence-corrected chi connectivity index (χ1v) is 6.89. The van der Waals surface area contributed by atoms with Gasteiger partial charge in [0.15, 0.2) is 0 Å². The molecule has 0 spiro atoms. The molecule has 0 atom stereocenters. The number of ether oxygens (including phenoxy) is 1. The second kappa shape index (κ2) is 5.10. The van der Waals surface area contributed by atoms with Gasteiger partial charge in [-0.1, -0.05) is 48.5 Å². The fourth-order valence-corrected chi connectivity index (χ4v) is 2.75. The molecule has 1 aliphatic carbocycles. The van der Waals surface area contributed by atoms with E-state index in [0.717, 1.165) is 0 Å². The van der Waals surface area contributed by atoms with E-state index in [4.69, 9.17) is 4.74 Å². The Kier molecular flexibility index (Phi) is 3.30. The first-order chi connectivity index (χ1) is 9.31. The van der Waals surface area contributed by atoms with Gasteiger partial charge in [0, 0.05) is 5.92 Å². The van der Waals surface area contributed by atoms with E-state index in [0.29, 0.717) is 6.61 Å². The van der Waals surface area contributed by atoms with Crippen molar-refractivity contribution in [2.24, 2.45) is 0 Å². The van der Waals surface area contributed by atoms with Crippen LogP contribution in [0.1, 0.15) is 17.0 Å². The van der Waals surface area contributed by atoms with Crippen LogP contribution in [0.25, 0.3) is 11.1 Å². The van der Waals surface area contributed by atoms with Crippen molar-refractivity contribution in [1.29, 1.82) is 0 Å². The van der Waals surface area contributed by atoms with E-state index in [-0.39, 0.29) is 17.6 Å². The molecule has 0 saturated carbocycles. The van der Waals surface area contributed by atoms with Crippen LogP contribution in [0, 0.1) is 0 Å². The van der Waals surface area contributed by atoms with Crippen LogP contribution in [0.4, 0.5) is 0 Å². The Hall–Kier alpha value is -1.74. The molecule has 0 N–H and O–H groups in total. The number of rotatable bonds is 3. The van der Waals surface area contributed by atoms with Gasteiger partial charge in [0.05, 0.1) is 5.75 Å². The van der Waals surface area contributed by atoms with E-state index in [2.05, 4.69) is 36.9 Å². The molecule has 2 aromatic carbocycles. The van der Waals surface area contributed by atoms with Crippen molar-refractivity contribution >= 4 is 18.6 Å². The Morgan fingerprint density at radius 1 is 1.00 bits per heavy atom. The normalized spacial score (nSPS) is 12.9. The van der Waals surface area contributed by atoms with Gasteiger partial charge in [-0.25, -0.2) is 0 Å². The zero-order chi connectivity index (χ0) is 13.2. The van der Waals surface area contributed by atoms with Crippen LogP contribution in [0.5, 0.6) is 0 Å². The van der Waals surface area contributed by atoms with Gasteiger partial charge in [-0.15, -0.1) is 0 Å². The summed E-state index contributed by atoms with van der Waals surface area (Å²) in [5.41, 5.74) is 4.95. The Morgan fingerprint density at radius 3 is 2.05 bits per heavy atom. The third-order valence-electron chi connectivity index (χ3n) is 3.50. The predicted molar refractivity (Wildman–Crippen MR) is 78.5 cm³/mol. The maximum Gasteiger partial charge on any atom is 0.315 e. The zero-order valence-electron chi connectivity index (χ0n) is 10.4. The highest BCUT2D eigenvalue weighted by Crippen LogP contribution is 2.44. The van der Waals surface area contributed by atoms with Gasteiger partial charge in [0.25, 0.3) is 0 Å². The number of fused-ring (bicyclic) bond motifs is 3. The standard InChI is InChI=1S/C16H14O2S/c17-16(10-19)18-9-15-13-7-3-1-5-11(13)12-6-2-4-8-14(12)15/h1-8,15,19H,9-10H2. The molecule has 3 heteroatoms. The van der Waals surface area contributed by atoms with Crippen LogP contribution in [0.2, 0.25) is 0 Å². The smallest absolute Gasteiger partial charge is 0.315 e. The number of esters is 1. The summed E-state index contributed by atoms with van der Waals surface area (Å²) in [5, 5.41) is 0. The molecule has 1 aliphatic rings. The van der Waals surface area contributed by atoms with Gasteiger partial charge in [-0.2, -0.15) is 12.6 Å². The number of carbonyl (C=O) groups excluding carboxylic acids is 1. The summed E-state index contributed by atoms with van der Waals surface area (Å²) in [7, 11) is 0. The van der Waals surface area contributed by atoms with Crippen molar-refractivity contribution < 1.29 is 9.53 Å². The minimum Gasteiger partial charge on any atom is -0.464 e. The first kappa shape index (κ1) is 12.3. The zero-order valence-corrected chi connectivity index (χ0v) is 11.3. The van der Waals surface area contributed by atoms with Crippen LogP contribution < -0.4 is 0 Å². The highest BCUT2D eigenvalue weighted by molar-refractivity contribution is 7.81. The molecule has 0 aliphatic heterocycles. The van der Waals surface area contributed by atoms with Crippen LogP contribution in [0.15, 0.2) is 48.5 Å². The highest BCUT2D eigenvalue weighted by Gasteiger charge is 2.28. The van der Waals surface area contributed by atoms with E-state index in [9.17, 15) is 4.79 Å². The van der Waals surface area contributed by atoms with Crippen LogP contribution in [0.3, 0.4) is 0 Å². The predicted octanol–water partition coefficient (Wildman–Crippen LogP) is 3.27. The maximum absolute atomic E-state index is 11.3. The lowest BCUT2D eigenvalue weighted by molar-refractivity contribution is -0.140. The third kappa shape index (κ3) is 2.15. The summed E-state index contributed by atoms with van der Waals surface area (Å²) < 4.78 is 5.27. The van der Waals surface area contributed by atoms with Crippen molar-refractivity contribution in [3.8, 4) is 11.1 Å². The van der Waals surface area contributed by atoms with Gasteiger partial charge >= 0.3 is 5.97 Å². The second-order valence-electron chi connectivity index (χ2n) is 4.57. The molecule has 0 bridgehead atoms. The molecule has 0 saturated heterocycles. The average molecular weight is 270 g/mol. The summed E-state index contributed by atoms with van der Waals surface area (Å²) in [6.07, 6.45) is 0. The minimum absolute atomic E-state index is 0.121. The monoisotopic (exact) mass is 270 g/mol.